The zero-order valence-electron chi connectivity index (χ0n) is 12.1. The summed E-state index contributed by atoms with van der Waals surface area (Å²) in [5, 5.41) is 3.35. The molecule has 1 saturated carbocycles. The van der Waals surface area contributed by atoms with E-state index in [4.69, 9.17) is 0 Å². The van der Waals surface area contributed by atoms with Crippen LogP contribution < -0.4 is 5.32 Å². The van der Waals surface area contributed by atoms with Gasteiger partial charge < -0.3 is 9.88 Å². The molecule has 1 heterocycles. The van der Waals surface area contributed by atoms with E-state index in [0.29, 0.717) is 5.41 Å². The highest BCUT2D eigenvalue weighted by Gasteiger charge is 2.35. The third-order valence-electron chi connectivity index (χ3n) is 4.06. The molecule has 1 N–H and O–H groups in total. The lowest BCUT2D eigenvalue weighted by molar-refractivity contribution is 0.198. The Morgan fingerprint density at radius 1 is 1.39 bits per heavy atom. The monoisotopic (exact) mass is 249 g/mol. The first-order chi connectivity index (χ1) is 8.65. The fraction of sp³-hybridized carbons (Fsp3) is 0.800. The highest BCUT2D eigenvalue weighted by Crippen LogP contribution is 2.44. The highest BCUT2D eigenvalue weighted by atomic mass is 15.2. The van der Waals surface area contributed by atoms with Crippen LogP contribution in [0.1, 0.15) is 52.9 Å². The molecule has 0 atom stereocenters. The van der Waals surface area contributed by atoms with Gasteiger partial charge in [0.1, 0.15) is 0 Å². The van der Waals surface area contributed by atoms with Gasteiger partial charge in [0.2, 0.25) is 5.95 Å². The van der Waals surface area contributed by atoms with E-state index in [1.165, 1.54) is 32.1 Å². The molecular formula is C15H27N3. The Hall–Kier alpha value is -0.990. The van der Waals surface area contributed by atoms with Gasteiger partial charge in [-0.1, -0.05) is 26.7 Å². The van der Waals surface area contributed by atoms with Crippen molar-refractivity contribution < 1.29 is 0 Å². The van der Waals surface area contributed by atoms with Crippen molar-refractivity contribution in [2.45, 2.75) is 59.4 Å². The van der Waals surface area contributed by atoms with Gasteiger partial charge in [0, 0.05) is 25.5 Å². The van der Waals surface area contributed by atoms with Crippen molar-refractivity contribution in [3.63, 3.8) is 0 Å². The van der Waals surface area contributed by atoms with E-state index in [-0.39, 0.29) is 0 Å². The molecule has 1 aromatic heterocycles. The van der Waals surface area contributed by atoms with E-state index in [0.717, 1.165) is 25.0 Å². The molecule has 0 bridgehead atoms. The smallest absolute Gasteiger partial charge is 0.202 e. The molecule has 0 radical (unpaired) electrons. The molecular weight excluding hydrogens is 222 g/mol. The van der Waals surface area contributed by atoms with Crippen LogP contribution in [-0.2, 0) is 6.54 Å². The van der Waals surface area contributed by atoms with E-state index >= 15 is 0 Å². The van der Waals surface area contributed by atoms with E-state index < -0.39 is 0 Å². The minimum atomic E-state index is 0.513. The maximum Gasteiger partial charge on any atom is 0.202 e. The van der Waals surface area contributed by atoms with E-state index in [9.17, 15) is 0 Å². The van der Waals surface area contributed by atoms with Crippen molar-refractivity contribution in [1.29, 1.82) is 0 Å². The molecule has 3 nitrogen and oxygen atoms in total. The Morgan fingerprint density at radius 2 is 2.11 bits per heavy atom. The predicted molar refractivity (Wildman–Crippen MR) is 76.7 cm³/mol. The molecule has 102 valence electrons. The average molecular weight is 249 g/mol. The van der Waals surface area contributed by atoms with Gasteiger partial charge in [0.05, 0.1) is 0 Å². The van der Waals surface area contributed by atoms with Gasteiger partial charge in [-0.2, -0.15) is 0 Å². The van der Waals surface area contributed by atoms with Gasteiger partial charge >= 0.3 is 0 Å². The molecule has 2 rings (SSSR count). The fourth-order valence-corrected chi connectivity index (χ4v) is 3.54. The number of anilines is 1. The molecule has 0 saturated heterocycles. The van der Waals surface area contributed by atoms with E-state index in [2.05, 4.69) is 41.8 Å². The molecule has 0 aromatic carbocycles. The van der Waals surface area contributed by atoms with Gasteiger partial charge in [-0.25, -0.2) is 4.98 Å². The Kier molecular flexibility index (Phi) is 4.31. The third kappa shape index (κ3) is 3.06. The summed E-state index contributed by atoms with van der Waals surface area (Å²) in [4.78, 5) is 4.41. The minimum Gasteiger partial charge on any atom is -0.356 e. The van der Waals surface area contributed by atoms with Gasteiger partial charge in [0.15, 0.2) is 0 Å². The van der Waals surface area contributed by atoms with Crippen molar-refractivity contribution in [2.24, 2.45) is 11.3 Å². The van der Waals surface area contributed by atoms with Gasteiger partial charge in [-0.15, -0.1) is 0 Å². The van der Waals surface area contributed by atoms with Crippen molar-refractivity contribution in [3.8, 4) is 0 Å². The highest BCUT2D eigenvalue weighted by molar-refractivity contribution is 5.25. The van der Waals surface area contributed by atoms with E-state index in [1.54, 1.807) is 0 Å². The quantitative estimate of drug-likeness (QED) is 0.828. The molecule has 1 aliphatic carbocycles. The van der Waals surface area contributed by atoms with Crippen LogP contribution in [0.2, 0.25) is 0 Å². The number of imidazole rings is 1. The van der Waals surface area contributed by atoms with Crippen molar-refractivity contribution in [3.05, 3.63) is 12.4 Å². The van der Waals surface area contributed by atoms with Crippen molar-refractivity contribution in [2.75, 3.05) is 11.9 Å². The average Bonchev–Trinajstić information content (AvgIpc) is 2.90. The largest absolute Gasteiger partial charge is 0.356 e. The Morgan fingerprint density at radius 3 is 2.72 bits per heavy atom. The standard InChI is InChI=1S/C15H27N3/c1-4-16-14-17-9-10-18(14)12-15(11-13(2)3)7-5-6-8-15/h9-10,13H,4-8,11-12H2,1-3H3,(H,16,17). The van der Waals surface area contributed by atoms with Crippen molar-refractivity contribution >= 4 is 5.95 Å². The molecule has 0 unspecified atom stereocenters. The number of rotatable bonds is 6. The van der Waals surface area contributed by atoms with Crippen LogP contribution >= 0.6 is 0 Å². The molecule has 1 aliphatic rings. The van der Waals surface area contributed by atoms with E-state index in [1.807, 2.05) is 6.20 Å². The molecule has 1 aromatic rings. The summed E-state index contributed by atoms with van der Waals surface area (Å²) < 4.78 is 2.32. The minimum absolute atomic E-state index is 0.513. The first-order valence-corrected chi connectivity index (χ1v) is 7.40. The number of aromatic nitrogens is 2. The second kappa shape index (κ2) is 5.77. The fourth-order valence-electron chi connectivity index (χ4n) is 3.54. The molecule has 0 spiro atoms. The lowest BCUT2D eigenvalue weighted by Crippen LogP contribution is -2.26. The van der Waals surface area contributed by atoms with Gasteiger partial charge in [-0.3, -0.25) is 0 Å². The summed E-state index contributed by atoms with van der Waals surface area (Å²) in [6, 6.07) is 0. The maximum absolute atomic E-state index is 4.41. The second-order valence-electron chi connectivity index (χ2n) is 6.21. The van der Waals surface area contributed by atoms with Crippen LogP contribution in [-0.4, -0.2) is 16.1 Å². The zero-order chi connectivity index (χ0) is 13.0. The first kappa shape index (κ1) is 13.4. The lowest BCUT2D eigenvalue weighted by atomic mass is 9.78. The topological polar surface area (TPSA) is 29.9 Å². The number of hydrogen-bond donors (Lipinski definition) is 1. The second-order valence-corrected chi connectivity index (χ2v) is 6.21. The number of nitrogens with zero attached hydrogens (tertiary/aromatic N) is 2. The van der Waals surface area contributed by atoms with Crippen LogP contribution in [0.5, 0.6) is 0 Å². The lowest BCUT2D eigenvalue weighted by Gasteiger charge is -2.32. The summed E-state index contributed by atoms with van der Waals surface area (Å²) in [5.74, 6) is 1.82. The van der Waals surface area contributed by atoms with Gasteiger partial charge in [0.25, 0.3) is 0 Å². The van der Waals surface area contributed by atoms with Gasteiger partial charge in [-0.05, 0) is 37.5 Å². The molecule has 18 heavy (non-hydrogen) atoms. The summed E-state index contributed by atoms with van der Waals surface area (Å²) >= 11 is 0. The predicted octanol–water partition coefficient (Wildman–Crippen LogP) is 3.92. The third-order valence-corrected chi connectivity index (χ3v) is 4.06. The Bertz CT molecular complexity index is 362. The SMILES string of the molecule is CCNc1nccn1CC1(CC(C)C)CCCC1. The molecule has 3 heteroatoms. The summed E-state index contributed by atoms with van der Waals surface area (Å²) in [7, 11) is 0. The molecule has 0 aliphatic heterocycles. The van der Waals surface area contributed by atoms with Crippen LogP contribution in [0.15, 0.2) is 12.4 Å². The zero-order valence-corrected chi connectivity index (χ0v) is 12.1. The van der Waals surface area contributed by atoms with Crippen LogP contribution in [0.25, 0.3) is 0 Å². The Balaban J connectivity index is 2.10. The summed E-state index contributed by atoms with van der Waals surface area (Å²) in [5.41, 5.74) is 0.513. The molecule has 0 amide bonds. The number of nitrogens with one attached hydrogen (secondary N) is 1. The summed E-state index contributed by atoms with van der Waals surface area (Å²) in [6.45, 7) is 8.89. The first-order valence-electron chi connectivity index (χ1n) is 7.40. The molecule has 1 fully saturated rings. The summed E-state index contributed by atoms with van der Waals surface area (Å²) in [6.07, 6.45) is 10.9. The van der Waals surface area contributed by atoms with Crippen LogP contribution in [0.4, 0.5) is 5.95 Å². The maximum atomic E-state index is 4.41. The Labute approximate surface area is 111 Å². The van der Waals surface area contributed by atoms with Crippen LogP contribution in [0.3, 0.4) is 0 Å². The number of hydrogen-bond acceptors (Lipinski definition) is 2. The van der Waals surface area contributed by atoms with Crippen molar-refractivity contribution in [1.82, 2.24) is 9.55 Å². The normalized spacial score (nSPS) is 18.4. The van der Waals surface area contributed by atoms with Crippen LogP contribution in [0, 0.1) is 11.3 Å².